The van der Waals surface area contributed by atoms with Crippen LogP contribution in [-0.2, 0) is 4.79 Å². The van der Waals surface area contributed by atoms with Gasteiger partial charge in [-0.2, -0.15) is 0 Å². The summed E-state index contributed by atoms with van der Waals surface area (Å²) in [5, 5.41) is 9.39. The van der Waals surface area contributed by atoms with E-state index in [0.29, 0.717) is 5.02 Å². The minimum absolute atomic E-state index is 0.608. The van der Waals surface area contributed by atoms with E-state index < -0.39 is 5.97 Å². The van der Waals surface area contributed by atoms with Crippen molar-refractivity contribution in [1.29, 1.82) is 0 Å². The molecule has 1 aromatic rings. The van der Waals surface area contributed by atoms with Gasteiger partial charge < -0.3 is 14.9 Å². The monoisotopic (exact) mass is 308 g/mol. The van der Waals surface area contributed by atoms with E-state index in [1.54, 1.807) is 12.1 Å². The molecule has 1 saturated heterocycles. The molecule has 0 aromatic heterocycles. The molecule has 0 bridgehead atoms. The van der Waals surface area contributed by atoms with Gasteiger partial charge >= 0.3 is 5.97 Å². The predicted molar refractivity (Wildman–Crippen MR) is 87.1 cm³/mol. The first-order chi connectivity index (χ1) is 10.1. The van der Waals surface area contributed by atoms with Crippen LogP contribution in [0.15, 0.2) is 24.3 Å². The Morgan fingerprint density at radius 2 is 2.14 bits per heavy atom. The van der Waals surface area contributed by atoms with Gasteiger partial charge in [-0.25, -0.2) is 4.79 Å². The molecule has 0 amide bonds. The topological polar surface area (TPSA) is 43.8 Å². The number of likely N-dealkylation sites (N-methyl/N-ethyl adjacent to an activating group) is 1. The van der Waals surface area contributed by atoms with Crippen LogP contribution in [0.3, 0.4) is 0 Å². The largest absolute Gasteiger partial charge is 0.478 e. The van der Waals surface area contributed by atoms with Gasteiger partial charge in [0, 0.05) is 36.9 Å². The standard InChI is InChI=1S/C16H21ClN2O2/c1-18(10-11-19-8-2-3-9-19)15-6-5-14(17)12-13(15)4-7-16(20)21/h4-7,12H,2-3,8-11H2,1H3,(H,20,21)/b7-4+. The lowest BCUT2D eigenvalue weighted by atomic mass is 10.1. The van der Waals surface area contributed by atoms with Gasteiger partial charge in [-0.05, 0) is 55.8 Å². The molecule has 1 heterocycles. The molecule has 2 rings (SSSR count). The van der Waals surface area contributed by atoms with Crippen molar-refractivity contribution >= 4 is 29.3 Å². The lowest BCUT2D eigenvalue weighted by Gasteiger charge is -2.24. The van der Waals surface area contributed by atoms with Crippen molar-refractivity contribution < 1.29 is 9.90 Å². The van der Waals surface area contributed by atoms with Crippen molar-refractivity contribution in [2.45, 2.75) is 12.8 Å². The molecular weight excluding hydrogens is 288 g/mol. The second-order valence-electron chi connectivity index (χ2n) is 5.35. The minimum Gasteiger partial charge on any atom is -0.478 e. The summed E-state index contributed by atoms with van der Waals surface area (Å²) in [6, 6.07) is 5.57. The normalized spacial score (nSPS) is 15.7. The SMILES string of the molecule is CN(CCN1CCCC1)c1ccc(Cl)cc1/C=C/C(=O)O. The first-order valence-electron chi connectivity index (χ1n) is 7.20. The number of anilines is 1. The van der Waals surface area contributed by atoms with Gasteiger partial charge in [0.2, 0.25) is 0 Å². The smallest absolute Gasteiger partial charge is 0.328 e. The molecule has 1 aliphatic heterocycles. The van der Waals surface area contributed by atoms with Gasteiger partial charge in [0.25, 0.3) is 0 Å². The summed E-state index contributed by atoms with van der Waals surface area (Å²) in [7, 11) is 2.03. The van der Waals surface area contributed by atoms with Crippen LogP contribution in [0.4, 0.5) is 5.69 Å². The van der Waals surface area contributed by atoms with Crippen LogP contribution < -0.4 is 4.90 Å². The van der Waals surface area contributed by atoms with E-state index in [2.05, 4.69) is 9.80 Å². The summed E-state index contributed by atoms with van der Waals surface area (Å²) in [6.07, 6.45) is 5.31. The first-order valence-corrected chi connectivity index (χ1v) is 7.58. The summed E-state index contributed by atoms with van der Waals surface area (Å²) in [5.74, 6) is -0.958. The zero-order valence-corrected chi connectivity index (χ0v) is 13.0. The quantitative estimate of drug-likeness (QED) is 0.821. The molecule has 0 unspecified atom stereocenters. The third kappa shape index (κ3) is 4.76. The molecule has 0 radical (unpaired) electrons. The third-order valence-corrected chi connectivity index (χ3v) is 3.99. The Morgan fingerprint density at radius 3 is 2.81 bits per heavy atom. The van der Waals surface area contributed by atoms with Crippen molar-refractivity contribution in [2.75, 3.05) is 38.1 Å². The molecule has 0 saturated carbocycles. The van der Waals surface area contributed by atoms with Crippen molar-refractivity contribution in [2.24, 2.45) is 0 Å². The average molecular weight is 309 g/mol. The van der Waals surface area contributed by atoms with Crippen LogP contribution in [0.1, 0.15) is 18.4 Å². The number of carboxylic acids is 1. The van der Waals surface area contributed by atoms with Crippen LogP contribution in [-0.4, -0.2) is 49.2 Å². The molecule has 1 fully saturated rings. The van der Waals surface area contributed by atoms with Crippen LogP contribution in [0, 0.1) is 0 Å². The van der Waals surface area contributed by atoms with E-state index in [0.717, 1.165) is 30.4 Å². The molecule has 0 atom stereocenters. The van der Waals surface area contributed by atoms with Gasteiger partial charge in [0.05, 0.1) is 0 Å². The molecule has 21 heavy (non-hydrogen) atoms. The molecule has 114 valence electrons. The van der Waals surface area contributed by atoms with Crippen molar-refractivity contribution in [1.82, 2.24) is 4.90 Å². The minimum atomic E-state index is -0.958. The number of hydrogen-bond acceptors (Lipinski definition) is 3. The van der Waals surface area contributed by atoms with E-state index in [-0.39, 0.29) is 0 Å². The zero-order valence-electron chi connectivity index (χ0n) is 12.3. The molecule has 1 aromatic carbocycles. The van der Waals surface area contributed by atoms with Crippen molar-refractivity contribution in [3.8, 4) is 0 Å². The number of likely N-dealkylation sites (tertiary alicyclic amines) is 1. The Bertz CT molecular complexity index is 525. The number of benzene rings is 1. The fourth-order valence-corrected chi connectivity index (χ4v) is 2.77. The molecule has 4 nitrogen and oxygen atoms in total. The predicted octanol–water partition coefficient (Wildman–Crippen LogP) is 2.97. The van der Waals surface area contributed by atoms with Gasteiger partial charge in [0.1, 0.15) is 0 Å². The number of carbonyl (C=O) groups is 1. The molecule has 1 aliphatic rings. The molecule has 0 spiro atoms. The highest BCUT2D eigenvalue weighted by Gasteiger charge is 2.13. The summed E-state index contributed by atoms with van der Waals surface area (Å²) >= 11 is 6.01. The number of halogens is 1. The fourth-order valence-electron chi connectivity index (χ4n) is 2.59. The Labute approximate surface area is 130 Å². The Morgan fingerprint density at radius 1 is 1.43 bits per heavy atom. The Kier molecular flexibility index (Phi) is 5.65. The van der Waals surface area contributed by atoms with Crippen LogP contribution in [0.2, 0.25) is 5.02 Å². The summed E-state index contributed by atoms with van der Waals surface area (Å²) in [4.78, 5) is 15.3. The highest BCUT2D eigenvalue weighted by atomic mass is 35.5. The van der Waals surface area contributed by atoms with Crippen LogP contribution >= 0.6 is 11.6 Å². The Hall–Kier alpha value is -1.52. The lowest BCUT2D eigenvalue weighted by Crippen LogP contribution is -2.31. The average Bonchev–Trinajstić information content (AvgIpc) is 2.96. The van der Waals surface area contributed by atoms with Gasteiger partial charge in [-0.15, -0.1) is 0 Å². The number of hydrogen-bond donors (Lipinski definition) is 1. The van der Waals surface area contributed by atoms with Gasteiger partial charge in [-0.3, -0.25) is 0 Å². The summed E-state index contributed by atoms with van der Waals surface area (Å²) in [5.41, 5.74) is 1.82. The second kappa shape index (κ2) is 7.48. The second-order valence-corrected chi connectivity index (χ2v) is 5.78. The Balaban J connectivity index is 2.07. The van der Waals surface area contributed by atoms with Gasteiger partial charge in [-0.1, -0.05) is 11.6 Å². The van der Waals surface area contributed by atoms with E-state index in [1.165, 1.54) is 25.9 Å². The van der Waals surface area contributed by atoms with E-state index in [9.17, 15) is 4.79 Å². The number of carboxylic acid groups (broad SMARTS) is 1. The highest BCUT2D eigenvalue weighted by Crippen LogP contribution is 2.25. The molecular formula is C16H21ClN2O2. The maximum atomic E-state index is 10.7. The maximum Gasteiger partial charge on any atom is 0.328 e. The molecule has 1 N–H and O–H groups in total. The zero-order chi connectivity index (χ0) is 15.2. The van der Waals surface area contributed by atoms with Crippen molar-refractivity contribution in [3.05, 3.63) is 34.9 Å². The fraction of sp³-hybridized carbons (Fsp3) is 0.438. The first kappa shape index (κ1) is 15.9. The van der Waals surface area contributed by atoms with Crippen molar-refractivity contribution in [3.63, 3.8) is 0 Å². The van der Waals surface area contributed by atoms with E-state index in [4.69, 9.17) is 16.7 Å². The third-order valence-electron chi connectivity index (χ3n) is 3.76. The number of nitrogens with zero attached hydrogens (tertiary/aromatic N) is 2. The van der Waals surface area contributed by atoms with Gasteiger partial charge in [0.15, 0.2) is 0 Å². The maximum absolute atomic E-state index is 10.7. The number of aliphatic carboxylic acids is 1. The molecule has 0 aliphatic carbocycles. The van der Waals surface area contributed by atoms with Crippen LogP contribution in [0.5, 0.6) is 0 Å². The number of rotatable bonds is 6. The van der Waals surface area contributed by atoms with Crippen LogP contribution in [0.25, 0.3) is 6.08 Å². The molecule has 5 heteroatoms. The highest BCUT2D eigenvalue weighted by molar-refractivity contribution is 6.30. The van der Waals surface area contributed by atoms with E-state index >= 15 is 0 Å². The van der Waals surface area contributed by atoms with E-state index in [1.807, 2.05) is 19.2 Å². The summed E-state index contributed by atoms with van der Waals surface area (Å²) < 4.78 is 0. The summed E-state index contributed by atoms with van der Waals surface area (Å²) in [6.45, 7) is 4.30. The lowest BCUT2D eigenvalue weighted by molar-refractivity contribution is -0.131.